The summed E-state index contributed by atoms with van der Waals surface area (Å²) in [5, 5.41) is 8.95. The van der Waals surface area contributed by atoms with Gasteiger partial charge in [-0.15, -0.1) is 0 Å². The highest BCUT2D eigenvalue weighted by Gasteiger charge is 2.12. The number of aromatic nitrogens is 1. The van der Waals surface area contributed by atoms with E-state index >= 15 is 0 Å². The molecule has 1 aromatic carbocycles. The lowest BCUT2D eigenvalue weighted by molar-refractivity contribution is -0.143. The fraction of sp³-hybridized carbons (Fsp3) is 0.188. The fourth-order valence-electron chi connectivity index (χ4n) is 2.16. The molecule has 2 aromatic rings. The number of nitriles is 1. The van der Waals surface area contributed by atoms with Crippen LogP contribution in [0.25, 0.3) is 17.0 Å². The van der Waals surface area contributed by atoms with Crippen molar-refractivity contribution in [3.63, 3.8) is 0 Å². The molecule has 0 atom stereocenters. The molecule has 0 amide bonds. The van der Waals surface area contributed by atoms with Crippen LogP contribution in [0, 0.1) is 11.3 Å². The zero-order valence-electron chi connectivity index (χ0n) is 11.9. The van der Waals surface area contributed by atoms with E-state index in [1.807, 2.05) is 24.3 Å². The van der Waals surface area contributed by atoms with Crippen molar-refractivity contribution in [2.45, 2.75) is 13.5 Å². The molecule has 5 nitrogen and oxygen atoms in total. The number of benzene rings is 1. The average Bonchev–Trinajstić information content (AvgIpc) is 2.83. The molecule has 0 radical (unpaired) electrons. The van der Waals surface area contributed by atoms with Gasteiger partial charge in [0.05, 0.1) is 6.61 Å². The van der Waals surface area contributed by atoms with E-state index in [9.17, 15) is 9.59 Å². The summed E-state index contributed by atoms with van der Waals surface area (Å²) in [5.74, 6) is -0.354. The topological polar surface area (TPSA) is 72.1 Å². The molecule has 1 aromatic heterocycles. The van der Waals surface area contributed by atoms with Crippen molar-refractivity contribution in [1.29, 1.82) is 5.26 Å². The van der Waals surface area contributed by atoms with Gasteiger partial charge in [-0.05, 0) is 30.7 Å². The maximum Gasteiger partial charge on any atom is 0.325 e. The van der Waals surface area contributed by atoms with E-state index in [1.165, 1.54) is 6.08 Å². The smallest absolute Gasteiger partial charge is 0.325 e. The van der Waals surface area contributed by atoms with Gasteiger partial charge in [-0.1, -0.05) is 18.2 Å². The summed E-state index contributed by atoms with van der Waals surface area (Å²) in [5.41, 5.74) is 1.30. The van der Waals surface area contributed by atoms with Gasteiger partial charge < -0.3 is 9.30 Å². The first-order valence-electron chi connectivity index (χ1n) is 6.62. The van der Waals surface area contributed by atoms with E-state index in [2.05, 4.69) is 0 Å². The van der Waals surface area contributed by atoms with Gasteiger partial charge in [0.25, 0.3) is 5.24 Å². The summed E-state index contributed by atoms with van der Waals surface area (Å²) in [6.45, 7) is 2.11. The van der Waals surface area contributed by atoms with Crippen LogP contribution in [0.15, 0.2) is 36.0 Å². The SMILES string of the molecule is CCOC(=O)Cn1cc(/C=C(\C#N)C(=O)Cl)c2ccccc21. The van der Waals surface area contributed by atoms with Gasteiger partial charge in [0.15, 0.2) is 0 Å². The number of carbonyl (C=O) groups is 2. The number of para-hydroxylation sites is 1. The standard InChI is InChI=1S/C16H13ClN2O3/c1-2-22-15(20)10-19-9-12(7-11(8-18)16(17)21)13-5-3-4-6-14(13)19/h3-7,9H,2,10H2,1H3/b11-7+. The van der Waals surface area contributed by atoms with Crippen molar-refractivity contribution in [2.75, 3.05) is 6.61 Å². The third-order valence-corrected chi connectivity index (χ3v) is 3.26. The monoisotopic (exact) mass is 316 g/mol. The van der Waals surface area contributed by atoms with Gasteiger partial charge in [-0.2, -0.15) is 5.26 Å². The third-order valence-electron chi connectivity index (χ3n) is 3.06. The van der Waals surface area contributed by atoms with Crippen LogP contribution in [0.5, 0.6) is 0 Å². The summed E-state index contributed by atoms with van der Waals surface area (Å²) in [6.07, 6.45) is 3.11. The number of rotatable bonds is 5. The molecule has 0 aliphatic rings. The first kappa shape index (κ1) is 15.8. The van der Waals surface area contributed by atoms with E-state index in [0.29, 0.717) is 12.2 Å². The van der Waals surface area contributed by atoms with Gasteiger partial charge >= 0.3 is 5.97 Å². The Hall–Kier alpha value is -2.58. The molecule has 0 aliphatic carbocycles. The normalized spacial score (nSPS) is 11.2. The van der Waals surface area contributed by atoms with Gasteiger partial charge in [-0.25, -0.2) is 0 Å². The Morgan fingerprint density at radius 3 is 2.77 bits per heavy atom. The Labute approximate surface area is 132 Å². The lowest BCUT2D eigenvalue weighted by atomic mass is 10.1. The summed E-state index contributed by atoms with van der Waals surface area (Å²) >= 11 is 5.37. The van der Waals surface area contributed by atoms with Crippen LogP contribution in [0.4, 0.5) is 0 Å². The lowest BCUT2D eigenvalue weighted by Crippen LogP contribution is -2.12. The lowest BCUT2D eigenvalue weighted by Gasteiger charge is -2.04. The molecule has 2 rings (SSSR count). The predicted molar refractivity (Wildman–Crippen MR) is 83.0 cm³/mol. The molecular formula is C16H13ClN2O3. The van der Waals surface area contributed by atoms with Gasteiger partial charge in [0.2, 0.25) is 0 Å². The van der Waals surface area contributed by atoms with Crippen LogP contribution < -0.4 is 0 Å². The molecule has 0 saturated heterocycles. The Bertz CT molecular complexity index is 799. The van der Waals surface area contributed by atoms with Crippen molar-refractivity contribution in [2.24, 2.45) is 0 Å². The van der Waals surface area contributed by atoms with E-state index in [0.717, 1.165) is 10.9 Å². The maximum absolute atomic E-state index is 11.7. The number of hydrogen-bond acceptors (Lipinski definition) is 4. The molecule has 0 saturated carbocycles. The van der Waals surface area contributed by atoms with Crippen LogP contribution in [0.1, 0.15) is 12.5 Å². The summed E-state index contributed by atoms with van der Waals surface area (Å²) in [7, 11) is 0. The largest absolute Gasteiger partial charge is 0.465 e. The zero-order valence-corrected chi connectivity index (χ0v) is 12.6. The van der Waals surface area contributed by atoms with Crippen LogP contribution >= 0.6 is 11.6 Å². The second-order valence-electron chi connectivity index (χ2n) is 4.48. The highest BCUT2D eigenvalue weighted by atomic mass is 35.5. The molecular weight excluding hydrogens is 304 g/mol. The molecule has 0 N–H and O–H groups in total. The first-order valence-corrected chi connectivity index (χ1v) is 6.99. The van der Waals surface area contributed by atoms with Crippen LogP contribution in [0.3, 0.4) is 0 Å². The summed E-state index contributed by atoms with van der Waals surface area (Å²) < 4.78 is 6.66. The number of allylic oxidation sites excluding steroid dienone is 1. The number of ether oxygens (including phenoxy) is 1. The van der Waals surface area contributed by atoms with Crippen molar-refractivity contribution in [1.82, 2.24) is 4.57 Å². The van der Waals surface area contributed by atoms with E-state index < -0.39 is 5.24 Å². The minimum Gasteiger partial charge on any atom is -0.465 e. The van der Waals surface area contributed by atoms with E-state index in [4.69, 9.17) is 21.6 Å². The maximum atomic E-state index is 11.7. The number of halogens is 1. The molecule has 0 spiro atoms. The summed E-state index contributed by atoms with van der Waals surface area (Å²) in [6, 6.07) is 9.13. The van der Waals surface area contributed by atoms with E-state index in [-0.39, 0.29) is 18.1 Å². The number of carbonyl (C=O) groups excluding carboxylic acids is 2. The zero-order chi connectivity index (χ0) is 16.1. The van der Waals surface area contributed by atoms with Gasteiger partial charge in [0, 0.05) is 22.7 Å². The number of hydrogen-bond donors (Lipinski definition) is 0. The number of esters is 1. The molecule has 22 heavy (non-hydrogen) atoms. The average molecular weight is 317 g/mol. The minimum atomic E-state index is -0.815. The van der Waals surface area contributed by atoms with Crippen molar-refractivity contribution >= 4 is 39.8 Å². The predicted octanol–water partition coefficient (Wildman–Crippen LogP) is 2.88. The quantitative estimate of drug-likeness (QED) is 0.368. The highest BCUT2D eigenvalue weighted by molar-refractivity contribution is 6.68. The fourth-order valence-corrected chi connectivity index (χ4v) is 2.25. The van der Waals surface area contributed by atoms with Gasteiger partial charge in [0.1, 0.15) is 18.2 Å². The highest BCUT2D eigenvalue weighted by Crippen LogP contribution is 2.24. The molecule has 1 heterocycles. The molecule has 112 valence electrons. The minimum absolute atomic E-state index is 0.0545. The van der Waals surface area contributed by atoms with Gasteiger partial charge in [-0.3, -0.25) is 9.59 Å². The van der Waals surface area contributed by atoms with Crippen LogP contribution in [-0.2, 0) is 20.9 Å². The summed E-state index contributed by atoms with van der Waals surface area (Å²) in [4.78, 5) is 22.8. The number of nitrogens with zero attached hydrogens (tertiary/aromatic N) is 2. The van der Waals surface area contributed by atoms with E-state index in [1.54, 1.807) is 23.8 Å². The molecule has 0 aliphatic heterocycles. The molecule has 0 unspecified atom stereocenters. The third kappa shape index (κ3) is 3.35. The second kappa shape index (κ2) is 6.92. The first-order chi connectivity index (χ1) is 10.6. The molecule has 0 fully saturated rings. The van der Waals surface area contributed by atoms with Crippen molar-refractivity contribution in [3.05, 3.63) is 41.6 Å². The second-order valence-corrected chi connectivity index (χ2v) is 4.82. The molecule has 0 bridgehead atoms. The Morgan fingerprint density at radius 1 is 1.41 bits per heavy atom. The van der Waals surface area contributed by atoms with Crippen molar-refractivity contribution in [3.8, 4) is 6.07 Å². The van der Waals surface area contributed by atoms with Crippen LogP contribution in [-0.4, -0.2) is 22.4 Å². The Kier molecular flexibility index (Phi) is 4.97. The Balaban J connectivity index is 2.51. The Morgan fingerprint density at radius 2 is 2.14 bits per heavy atom. The van der Waals surface area contributed by atoms with Crippen LogP contribution in [0.2, 0.25) is 0 Å². The van der Waals surface area contributed by atoms with Crippen molar-refractivity contribution < 1.29 is 14.3 Å². The number of fused-ring (bicyclic) bond motifs is 1. The molecule has 6 heteroatoms.